The first kappa shape index (κ1) is 18.9. The van der Waals surface area contributed by atoms with Crippen molar-refractivity contribution < 1.29 is 13.2 Å². The normalized spacial score (nSPS) is 27.8. The van der Waals surface area contributed by atoms with E-state index in [1.165, 1.54) is 0 Å². The molecule has 1 saturated carbocycles. The van der Waals surface area contributed by atoms with E-state index in [1.807, 2.05) is 6.92 Å². The third-order valence-corrected chi connectivity index (χ3v) is 7.02. The topological polar surface area (TPSA) is 55.4 Å². The van der Waals surface area contributed by atoms with E-state index in [2.05, 4.69) is 26.1 Å². The van der Waals surface area contributed by atoms with Gasteiger partial charge < -0.3 is 10.1 Å². The van der Waals surface area contributed by atoms with Crippen molar-refractivity contribution in [3.8, 4) is 0 Å². The van der Waals surface area contributed by atoms with Gasteiger partial charge >= 0.3 is 0 Å². The summed E-state index contributed by atoms with van der Waals surface area (Å²) in [5, 5.41) is 3.15. The van der Waals surface area contributed by atoms with Crippen LogP contribution in [0.4, 0.5) is 0 Å². The van der Waals surface area contributed by atoms with Gasteiger partial charge in [-0.25, -0.2) is 8.42 Å². The quantitative estimate of drug-likeness (QED) is 0.733. The number of methoxy groups -OCH3 is 1. The molecular formula is C16H33NO3S. The first-order chi connectivity index (χ1) is 9.72. The van der Waals surface area contributed by atoms with Gasteiger partial charge in [-0.05, 0) is 43.6 Å². The zero-order valence-electron chi connectivity index (χ0n) is 14.3. The molecule has 0 aliphatic heterocycles. The molecule has 0 aromatic rings. The van der Waals surface area contributed by atoms with Gasteiger partial charge in [0.1, 0.15) is 0 Å². The van der Waals surface area contributed by atoms with Crippen molar-refractivity contribution in [3.05, 3.63) is 0 Å². The average Bonchev–Trinajstić information content (AvgIpc) is 2.38. The number of hydrogen-bond donors (Lipinski definition) is 1. The second kappa shape index (κ2) is 7.93. The Labute approximate surface area is 130 Å². The summed E-state index contributed by atoms with van der Waals surface area (Å²) >= 11 is 0. The van der Waals surface area contributed by atoms with E-state index in [9.17, 15) is 8.42 Å². The van der Waals surface area contributed by atoms with E-state index in [0.717, 1.165) is 25.8 Å². The van der Waals surface area contributed by atoms with Gasteiger partial charge in [0, 0.05) is 19.8 Å². The summed E-state index contributed by atoms with van der Waals surface area (Å²) in [7, 11) is -1.45. The Morgan fingerprint density at radius 3 is 2.43 bits per heavy atom. The lowest BCUT2D eigenvalue weighted by atomic mass is 9.71. The molecule has 21 heavy (non-hydrogen) atoms. The van der Waals surface area contributed by atoms with Crippen LogP contribution in [-0.4, -0.2) is 45.7 Å². The fraction of sp³-hybridized carbons (Fsp3) is 1.00. The maximum atomic E-state index is 12.7. The zero-order valence-corrected chi connectivity index (χ0v) is 15.1. The van der Waals surface area contributed by atoms with Crippen molar-refractivity contribution in [3.63, 3.8) is 0 Å². The Balaban J connectivity index is 2.83. The second-order valence-corrected chi connectivity index (χ2v) is 9.63. The van der Waals surface area contributed by atoms with Gasteiger partial charge in [-0.15, -0.1) is 0 Å². The summed E-state index contributed by atoms with van der Waals surface area (Å²) < 4.78 is 30.4. The number of nitrogens with one attached hydrogen (secondary N) is 1. The number of rotatable bonds is 7. The Hall–Kier alpha value is -0.130. The molecule has 3 atom stereocenters. The molecule has 0 aromatic heterocycles. The Bertz CT molecular complexity index is 400. The van der Waals surface area contributed by atoms with Crippen LogP contribution < -0.4 is 5.32 Å². The minimum Gasteiger partial charge on any atom is -0.385 e. The van der Waals surface area contributed by atoms with E-state index in [0.29, 0.717) is 18.9 Å². The van der Waals surface area contributed by atoms with Crippen LogP contribution in [-0.2, 0) is 14.6 Å². The molecule has 3 unspecified atom stereocenters. The predicted molar refractivity (Wildman–Crippen MR) is 88.3 cm³/mol. The number of sulfone groups is 1. The molecule has 5 heteroatoms. The molecule has 0 aromatic carbocycles. The molecule has 1 N–H and O–H groups in total. The maximum absolute atomic E-state index is 12.7. The maximum Gasteiger partial charge on any atom is 0.154 e. The van der Waals surface area contributed by atoms with Crippen LogP contribution in [0.5, 0.6) is 0 Å². The summed E-state index contributed by atoms with van der Waals surface area (Å²) in [6.45, 7) is 10.1. The van der Waals surface area contributed by atoms with Crippen LogP contribution in [0.1, 0.15) is 53.4 Å². The minimum atomic E-state index is -3.06. The third kappa shape index (κ3) is 5.53. The van der Waals surface area contributed by atoms with Gasteiger partial charge in [0.2, 0.25) is 0 Å². The highest BCUT2D eigenvalue weighted by atomic mass is 32.2. The predicted octanol–water partition coefficient (Wildman–Crippen LogP) is 2.63. The smallest absolute Gasteiger partial charge is 0.154 e. The summed E-state index contributed by atoms with van der Waals surface area (Å²) in [6, 6.07) is 0.112. The largest absolute Gasteiger partial charge is 0.385 e. The molecule has 0 spiro atoms. The van der Waals surface area contributed by atoms with Gasteiger partial charge in [-0.1, -0.05) is 27.7 Å². The summed E-state index contributed by atoms with van der Waals surface area (Å²) in [5.74, 6) is 0.721. The van der Waals surface area contributed by atoms with E-state index in [-0.39, 0.29) is 22.5 Å². The van der Waals surface area contributed by atoms with Crippen molar-refractivity contribution >= 4 is 9.84 Å². The standard InChI is InChI=1S/C16H33NO3S/c1-6-17-14-9-8-13(16(2,3)4)12-15(14)21(18,19)11-7-10-20-5/h13-15,17H,6-12H2,1-5H3. The summed E-state index contributed by atoms with van der Waals surface area (Å²) in [6.07, 6.45) is 3.46. The molecule has 1 rings (SSSR count). The Morgan fingerprint density at radius 1 is 1.24 bits per heavy atom. The second-order valence-electron chi connectivity index (χ2n) is 7.29. The molecule has 1 aliphatic rings. The van der Waals surface area contributed by atoms with Crippen molar-refractivity contribution in [2.24, 2.45) is 11.3 Å². The molecule has 1 aliphatic carbocycles. The molecule has 0 radical (unpaired) electrons. The van der Waals surface area contributed by atoms with Crippen molar-refractivity contribution in [1.82, 2.24) is 5.32 Å². The molecule has 0 heterocycles. The number of ether oxygens (including phenoxy) is 1. The molecule has 0 bridgehead atoms. The first-order valence-corrected chi connectivity index (χ1v) is 9.87. The molecular weight excluding hydrogens is 286 g/mol. The SMILES string of the molecule is CCNC1CCC(C(C)(C)C)CC1S(=O)(=O)CCCOC. The molecule has 0 amide bonds. The van der Waals surface area contributed by atoms with Crippen LogP contribution in [0.15, 0.2) is 0 Å². The highest BCUT2D eigenvalue weighted by Crippen LogP contribution is 2.40. The molecule has 1 fully saturated rings. The summed E-state index contributed by atoms with van der Waals surface area (Å²) in [4.78, 5) is 0. The van der Waals surface area contributed by atoms with E-state index < -0.39 is 9.84 Å². The van der Waals surface area contributed by atoms with Crippen molar-refractivity contribution in [2.75, 3.05) is 26.0 Å². The summed E-state index contributed by atoms with van der Waals surface area (Å²) in [5.41, 5.74) is 0.178. The Morgan fingerprint density at radius 2 is 1.90 bits per heavy atom. The number of hydrogen-bond acceptors (Lipinski definition) is 4. The lowest BCUT2D eigenvalue weighted by Crippen LogP contribution is -2.50. The fourth-order valence-electron chi connectivity index (χ4n) is 3.36. The van der Waals surface area contributed by atoms with Crippen LogP contribution in [0, 0.1) is 11.3 Å². The van der Waals surface area contributed by atoms with Crippen LogP contribution in [0.2, 0.25) is 0 Å². The van der Waals surface area contributed by atoms with Crippen LogP contribution in [0.3, 0.4) is 0 Å². The van der Waals surface area contributed by atoms with Gasteiger partial charge in [-0.3, -0.25) is 0 Å². The van der Waals surface area contributed by atoms with Gasteiger partial charge in [-0.2, -0.15) is 0 Å². The Kier molecular flexibility index (Phi) is 7.14. The first-order valence-electron chi connectivity index (χ1n) is 8.16. The highest BCUT2D eigenvalue weighted by molar-refractivity contribution is 7.92. The molecule has 0 saturated heterocycles. The van der Waals surface area contributed by atoms with Crippen molar-refractivity contribution in [1.29, 1.82) is 0 Å². The van der Waals surface area contributed by atoms with E-state index >= 15 is 0 Å². The van der Waals surface area contributed by atoms with Gasteiger partial charge in [0.05, 0.1) is 11.0 Å². The van der Waals surface area contributed by atoms with Crippen LogP contribution in [0.25, 0.3) is 0 Å². The monoisotopic (exact) mass is 319 g/mol. The lowest BCUT2D eigenvalue weighted by molar-refractivity contribution is 0.162. The lowest BCUT2D eigenvalue weighted by Gasteiger charge is -2.41. The van der Waals surface area contributed by atoms with Crippen LogP contribution >= 0.6 is 0 Å². The van der Waals surface area contributed by atoms with Gasteiger partial charge in [0.25, 0.3) is 0 Å². The van der Waals surface area contributed by atoms with Gasteiger partial charge in [0.15, 0.2) is 9.84 Å². The highest BCUT2D eigenvalue weighted by Gasteiger charge is 2.41. The third-order valence-electron chi connectivity index (χ3n) is 4.72. The zero-order chi connectivity index (χ0) is 16.1. The van der Waals surface area contributed by atoms with E-state index in [4.69, 9.17) is 4.74 Å². The van der Waals surface area contributed by atoms with Crippen molar-refractivity contribution in [2.45, 2.75) is 64.7 Å². The minimum absolute atomic E-state index is 0.112. The fourth-order valence-corrected chi connectivity index (χ4v) is 5.45. The van der Waals surface area contributed by atoms with E-state index in [1.54, 1.807) is 7.11 Å². The molecule has 126 valence electrons. The molecule has 4 nitrogen and oxygen atoms in total. The average molecular weight is 320 g/mol.